The summed E-state index contributed by atoms with van der Waals surface area (Å²) in [5.74, 6) is 0.586. The molecule has 0 aliphatic rings. The molecule has 1 atom stereocenters. The normalized spacial score (nSPS) is 12.0. The van der Waals surface area contributed by atoms with Crippen LogP contribution in [-0.2, 0) is 4.79 Å². The molecular weight excluding hydrogens is 218 g/mol. The predicted molar refractivity (Wildman–Crippen MR) is 66.8 cm³/mol. The van der Waals surface area contributed by atoms with Crippen LogP contribution in [-0.4, -0.2) is 36.1 Å². The number of carbonyl (C=O) groups is 1. The summed E-state index contributed by atoms with van der Waals surface area (Å²) < 4.78 is 0. The van der Waals surface area contributed by atoms with Crippen molar-refractivity contribution in [1.82, 2.24) is 10.3 Å². The molecule has 0 radical (unpaired) electrons. The summed E-state index contributed by atoms with van der Waals surface area (Å²) >= 11 is 0. The molecule has 0 spiro atoms. The van der Waals surface area contributed by atoms with Crippen LogP contribution in [0.2, 0.25) is 0 Å². The van der Waals surface area contributed by atoms with E-state index in [0.29, 0.717) is 12.4 Å². The highest BCUT2D eigenvalue weighted by Crippen LogP contribution is 2.23. The summed E-state index contributed by atoms with van der Waals surface area (Å²) in [5.41, 5.74) is 0.734. The number of pyridine rings is 1. The molecule has 94 valence electrons. The third kappa shape index (κ3) is 3.42. The van der Waals surface area contributed by atoms with Gasteiger partial charge in [0.25, 0.3) is 0 Å². The van der Waals surface area contributed by atoms with E-state index in [9.17, 15) is 9.90 Å². The first-order chi connectivity index (χ1) is 8.10. The lowest BCUT2D eigenvalue weighted by atomic mass is 10.1. The number of hydrogen-bond donors (Lipinski definition) is 2. The van der Waals surface area contributed by atoms with E-state index in [1.165, 1.54) is 0 Å². The highest BCUT2D eigenvalue weighted by molar-refractivity contribution is 5.80. The number of nitrogens with one attached hydrogen (secondary N) is 1. The minimum atomic E-state index is -0.600. The van der Waals surface area contributed by atoms with Gasteiger partial charge in [-0.15, -0.1) is 0 Å². The number of rotatable bonds is 5. The lowest BCUT2D eigenvalue weighted by molar-refractivity contribution is -0.119. The Bertz CT molecular complexity index is 380. The van der Waals surface area contributed by atoms with Crippen molar-refractivity contribution in [3.05, 3.63) is 23.9 Å². The molecule has 1 aromatic heterocycles. The van der Waals surface area contributed by atoms with E-state index >= 15 is 0 Å². The van der Waals surface area contributed by atoms with Crippen molar-refractivity contribution in [2.45, 2.75) is 20.0 Å². The number of aliphatic hydroxyl groups is 1. The maximum atomic E-state index is 11.4. The first kappa shape index (κ1) is 13.4. The molecule has 1 heterocycles. The van der Waals surface area contributed by atoms with Gasteiger partial charge in [0.15, 0.2) is 0 Å². The SMILES string of the molecule is CCN(CC(=O)NC)c1ncccc1[C@@H](C)O. The van der Waals surface area contributed by atoms with Crippen LogP contribution >= 0.6 is 0 Å². The van der Waals surface area contributed by atoms with Gasteiger partial charge in [-0.05, 0) is 19.9 Å². The van der Waals surface area contributed by atoms with E-state index < -0.39 is 6.10 Å². The smallest absolute Gasteiger partial charge is 0.239 e. The molecule has 17 heavy (non-hydrogen) atoms. The summed E-state index contributed by atoms with van der Waals surface area (Å²) in [7, 11) is 1.60. The number of hydrogen-bond acceptors (Lipinski definition) is 4. The van der Waals surface area contributed by atoms with Crippen molar-refractivity contribution in [3.63, 3.8) is 0 Å². The molecule has 0 unspecified atom stereocenters. The molecule has 0 bridgehead atoms. The Morgan fingerprint density at radius 3 is 2.88 bits per heavy atom. The molecule has 0 aliphatic heterocycles. The number of nitrogens with zero attached hydrogens (tertiary/aromatic N) is 2. The van der Waals surface area contributed by atoms with Crippen LogP contribution < -0.4 is 10.2 Å². The molecule has 5 heteroatoms. The van der Waals surface area contributed by atoms with Crippen LogP contribution in [0, 0.1) is 0 Å². The topological polar surface area (TPSA) is 65.5 Å². The second-order valence-corrected chi connectivity index (χ2v) is 3.78. The van der Waals surface area contributed by atoms with Crippen LogP contribution in [0.25, 0.3) is 0 Å². The van der Waals surface area contributed by atoms with Gasteiger partial charge in [-0.25, -0.2) is 4.98 Å². The quantitative estimate of drug-likeness (QED) is 0.791. The van der Waals surface area contributed by atoms with Crippen LogP contribution in [0.4, 0.5) is 5.82 Å². The van der Waals surface area contributed by atoms with Gasteiger partial charge in [-0.1, -0.05) is 6.07 Å². The van der Waals surface area contributed by atoms with Gasteiger partial charge in [0.1, 0.15) is 5.82 Å². The fourth-order valence-corrected chi connectivity index (χ4v) is 1.59. The summed E-state index contributed by atoms with van der Waals surface area (Å²) in [6.07, 6.45) is 1.06. The van der Waals surface area contributed by atoms with Crippen molar-refractivity contribution >= 4 is 11.7 Å². The van der Waals surface area contributed by atoms with Gasteiger partial charge in [0.2, 0.25) is 5.91 Å². The minimum absolute atomic E-state index is 0.0750. The Labute approximate surface area is 101 Å². The number of likely N-dealkylation sites (N-methyl/N-ethyl adjacent to an activating group) is 2. The maximum absolute atomic E-state index is 11.4. The first-order valence-electron chi connectivity index (χ1n) is 5.68. The van der Waals surface area contributed by atoms with E-state index in [1.807, 2.05) is 17.9 Å². The van der Waals surface area contributed by atoms with Crippen LogP contribution in [0.1, 0.15) is 25.5 Å². The lowest BCUT2D eigenvalue weighted by Crippen LogP contribution is -2.36. The van der Waals surface area contributed by atoms with Gasteiger partial charge >= 0.3 is 0 Å². The van der Waals surface area contributed by atoms with Crippen molar-refractivity contribution < 1.29 is 9.90 Å². The second-order valence-electron chi connectivity index (χ2n) is 3.78. The maximum Gasteiger partial charge on any atom is 0.239 e. The molecule has 0 fully saturated rings. The standard InChI is InChI=1S/C12H19N3O2/c1-4-15(8-11(17)13-3)12-10(9(2)16)6-5-7-14-12/h5-7,9,16H,4,8H2,1-3H3,(H,13,17)/t9-/m1/s1. The number of amides is 1. The Kier molecular flexibility index (Phi) is 4.90. The summed E-state index contributed by atoms with van der Waals surface area (Å²) in [6, 6.07) is 3.60. The molecule has 5 nitrogen and oxygen atoms in total. The fourth-order valence-electron chi connectivity index (χ4n) is 1.59. The Hall–Kier alpha value is -1.62. The highest BCUT2D eigenvalue weighted by Gasteiger charge is 2.16. The zero-order valence-electron chi connectivity index (χ0n) is 10.5. The fraction of sp³-hybridized carbons (Fsp3) is 0.500. The lowest BCUT2D eigenvalue weighted by Gasteiger charge is -2.24. The molecule has 0 aromatic carbocycles. The van der Waals surface area contributed by atoms with Crippen molar-refractivity contribution in [3.8, 4) is 0 Å². The summed E-state index contributed by atoms with van der Waals surface area (Å²) in [6.45, 7) is 4.53. The van der Waals surface area contributed by atoms with Crippen LogP contribution in [0.15, 0.2) is 18.3 Å². The van der Waals surface area contributed by atoms with Crippen molar-refractivity contribution in [2.75, 3.05) is 25.0 Å². The molecular formula is C12H19N3O2. The first-order valence-corrected chi connectivity index (χ1v) is 5.68. The van der Waals surface area contributed by atoms with E-state index in [4.69, 9.17) is 0 Å². The highest BCUT2D eigenvalue weighted by atomic mass is 16.3. The zero-order chi connectivity index (χ0) is 12.8. The Morgan fingerprint density at radius 2 is 2.35 bits per heavy atom. The minimum Gasteiger partial charge on any atom is -0.389 e. The average molecular weight is 237 g/mol. The number of anilines is 1. The largest absolute Gasteiger partial charge is 0.389 e. The van der Waals surface area contributed by atoms with E-state index in [1.54, 1.807) is 26.2 Å². The average Bonchev–Trinajstić information content (AvgIpc) is 2.35. The Balaban J connectivity index is 2.98. The molecule has 1 aromatic rings. The third-order valence-corrected chi connectivity index (χ3v) is 2.56. The molecule has 0 saturated carbocycles. The van der Waals surface area contributed by atoms with Gasteiger partial charge in [0.05, 0.1) is 12.6 Å². The number of aromatic nitrogens is 1. The second kappa shape index (κ2) is 6.20. The summed E-state index contributed by atoms with van der Waals surface area (Å²) in [4.78, 5) is 17.5. The zero-order valence-corrected chi connectivity index (χ0v) is 10.5. The van der Waals surface area contributed by atoms with Crippen molar-refractivity contribution in [2.24, 2.45) is 0 Å². The summed E-state index contributed by atoms with van der Waals surface area (Å²) in [5, 5.41) is 12.3. The monoisotopic (exact) mass is 237 g/mol. The van der Waals surface area contributed by atoms with Gasteiger partial charge < -0.3 is 15.3 Å². The number of carbonyl (C=O) groups excluding carboxylic acids is 1. The number of aliphatic hydroxyl groups excluding tert-OH is 1. The molecule has 0 aliphatic carbocycles. The van der Waals surface area contributed by atoms with Gasteiger partial charge in [-0.2, -0.15) is 0 Å². The third-order valence-electron chi connectivity index (χ3n) is 2.56. The molecule has 1 amide bonds. The van der Waals surface area contributed by atoms with Crippen LogP contribution in [0.3, 0.4) is 0 Å². The van der Waals surface area contributed by atoms with Gasteiger partial charge in [0, 0.05) is 25.4 Å². The molecule has 1 rings (SSSR count). The molecule has 2 N–H and O–H groups in total. The molecule has 0 saturated heterocycles. The predicted octanol–water partition coefficient (Wildman–Crippen LogP) is 0.707. The van der Waals surface area contributed by atoms with E-state index in [-0.39, 0.29) is 12.5 Å². The van der Waals surface area contributed by atoms with Crippen LogP contribution in [0.5, 0.6) is 0 Å². The van der Waals surface area contributed by atoms with E-state index in [2.05, 4.69) is 10.3 Å². The van der Waals surface area contributed by atoms with E-state index in [0.717, 1.165) is 5.56 Å². The van der Waals surface area contributed by atoms with Gasteiger partial charge in [-0.3, -0.25) is 4.79 Å². The van der Waals surface area contributed by atoms with Crippen molar-refractivity contribution in [1.29, 1.82) is 0 Å². The Morgan fingerprint density at radius 1 is 1.65 bits per heavy atom.